The van der Waals surface area contributed by atoms with Gasteiger partial charge in [-0.2, -0.15) is 4.31 Å². The average Bonchev–Trinajstić information content (AvgIpc) is 3.23. The second-order valence-corrected chi connectivity index (χ2v) is 9.86. The molecule has 1 N–H and O–H groups in total. The van der Waals surface area contributed by atoms with Crippen LogP contribution in [-0.4, -0.2) is 41.9 Å². The minimum absolute atomic E-state index is 0.0473. The van der Waals surface area contributed by atoms with Crippen molar-refractivity contribution in [2.24, 2.45) is 5.92 Å². The number of sulfonamides is 1. The fourth-order valence-corrected chi connectivity index (χ4v) is 5.65. The first-order valence-electron chi connectivity index (χ1n) is 10.8. The van der Waals surface area contributed by atoms with E-state index in [0.717, 1.165) is 11.1 Å². The molecule has 33 heavy (non-hydrogen) atoms. The molecule has 0 unspecified atom stereocenters. The molecule has 1 saturated heterocycles. The number of aromatic nitrogens is 2. The van der Waals surface area contributed by atoms with Crippen LogP contribution in [0.25, 0.3) is 12.2 Å². The third-order valence-electron chi connectivity index (χ3n) is 5.60. The standard InChI is InChI=1S/C24H26N4O4S/c1-18-23(22(32-27-18)12-11-19-7-3-2-4-8-19)33(30,31)28-14-6-10-21(17-28)24(29)26-16-20-9-5-13-25-15-20/h2-5,7-9,11-13,15,21H,6,10,14,16-17H2,1H3,(H,26,29)/b12-11+/t21-/m0/s1. The number of amides is 1. The second-order valence-electron chi connectivity index (χ2n) is 7.99. The van der Waals surface area contributed by atoms with E-state index in [9.17, 15) is 13.2 Å². The number of carbonyl (C=O) groups excluding carboxylic acids is 1. The summed E-state index contributed by atoms with van der Waals surface area (Å²) in [5.74, 6) is -0.404. The van der Waals surface area contributed by atoms with Crippen molar-refractivity contribution in [3.63, 3.8) is 0 Å². The molecule has 1 aromatic carbocycles. The lowest BCUT2D eigenvalue weighted by atomic mass is 9.99. The molecule has 1 fully saturated rings. The number of rotatable bonds is 7. The SMILES string of the molecule is Cc1noc(/C=C/c2ccccc2)c1S(=O)(=O)N1CCC[C@H](C(=O)NCc2cccnc2)C1. The van der Waals surface area contributed by atoms with Gasteiger partial charge in [-0.25, -0.2) is 8.42 Å². The van der Waals surface area contributed by atoms with Crippen LogP contribution in [0.4, 0.5) is 0 Å². The second kappa shape index (κ2) is 10.1. The zero-order valence-corrected chi connectivity index (χ0v) is 19.2. The van der Waals surface area contributed by atoms with Crippen LogP contribution in [0.3, 0.4) is 0 Å². The fourth-order valence-electron chi connectivity index (χ4n) is 3.87. The molecule has 0 radical (unpaired) electrons. The average molecular weight is 467 g/mol. The first kappa shape index (κ1) is 22.9. The van der Waals surface area contributed by atoms with Crippen molar-refractivity contribution >= 4 is 28.1 Å². The summed E-state index contributed by atoms with van der Waals surface area (Å²) in [6.07, 6.45) is 7.99. The highest BCUT2D eigenvalue weighted by Crippen LogP contribution is 2.29. The number of hydrogen-bond acceptors (Lipinski definition) is 6. The van der Waals surface area contributed by atoms with E-state index in [1.165, 1.54) is 4.31 Å². The predicted molar refractivity (Wildman–Crippen MR) is 124 cm³/mol. The maximum Gasteiger partial charge on any atom is 0.248 e. The molecule has 4 rings (SSSR count). The molecule has 172 valence electrons. The zero-order chi connectivity index (χ0) is 23.3. The van der Waals surface area contributed by atoms with Crippen molar-refractivity contribution in [2.75, 3.05) is 13.1 Å². The van der Waals surface area contributed by atoms with Gasteiger partial charge in [-0.1, -0.05) is 47.6 Å². The van der Waals surface area contributed by atoms with Gasteiger partial charge < -0.3 is 9.84 Å². The topological polar surface area (TPSA) is 105 Å². The van der Waals surface area contributed by atoms with Gasteiger partial charge in [0.2, 0.25) is 15.9 Å². The van der Waals surface area contributed by atoms with Crippen molar-refractivity contribution in [1.82, 2.24) is 19.8 Å². The maximum absolute atomic E-state index is 13.5. The Kier molecular flexibility index (Phi) is 7.00. The van der Waals surface area contributed by atoms with Gasteiger partial charge in [0.05, 0.1) is 5.92 Å². The van der Waals surface area contributed by atoms with Gasteiger partial charge in [-0.05, 0) is 43.0 Å². The third-order valence-corrected chi connectivity index (χ3v) is 7.63. The van der Waals surface area contributed by atoms with Gasteiger partial charge >= 0.3 is 0 Å². The first-order chi connectivity index (χ1) is 15.9. The third kappa shape index (κ3) is 5.37. The van der Waals surface area contributed by atoms with E-state index in [1.807, 2.05) is 42.5 Å². The van der Waals surface area contributed by atoms with E-state index >= 15 is 0 Å². The highest BCUT2D eigenvalue weighted by atomic mass is 32.2. The summed E-state index contributed by atoms with van der Waals surface area (Å²) in [5, 5.41) is 6.78. The molecule has 0 saturated carbocycles. The summed E-state index contributed by atoms with van der Waals surface area (Å²) in [4.78, 5) is 16.8. The fraction of sp³-hybridized carbons (Fsp3) is 0.292. The van der Waals surface area contributed by atoms with E-state index in [4.69, 9.17) is 4.52 Å². The van der Waals surface area contributed by atoms with E-state index < -0.39 is 15.9 Å². The number of nitrogens with zero attached hydrogens (tertiary/aromatic N) is 3. The van der Waals surface area contributed by atoms with Crippen LogP contribution >= 0.6 is 0 Å². The van der Waals surface area contributed by atoms with Gasteiger partial charge in [-0.3, -0.25) is 9.78 Å². The van der Waals surface area contributed by atoms with Gasteiger partial charge in [0.15, 0.2) is 10.7 Å². The van der Waals surface area contributed by atoms with E-state index in [0.29, 0.717) is 31.6 Å². The molecule has 2 aromatic heterocycles. The smallest absolute Gasteiger partial charge is 0.248 e. The summed E-state index contributed by atoms with van der Waals surface area (Å²) in [6, 6.07) is 13.2. The molecular weight excluding hydrogens is 440 g/mol. The molecule has 0 aliphatic carbocycles. The minimum Gasteiger partial charge on any atom is -0.355 e. The van der Waals surface area contributed by atoms with Crippen molar-refractivity contribution < 1.29 is 17.7 Å². The molecule has 1 atom stereocenters. The summed E-state index contributed by atoms with van der Waals surface area (Å²) in [5.41, 5.74) is 2.10. The van der Waals surface area contributed by atoms with Crippen molar-refractivity contribution in [1.29, 1.82) is 0 Å². The van der Waals surface area contributed by atoms with E-state index in [-0.39, 0.29) is 23.1 Å². The monoisotopic (exact) mass is 466 g/mol. The number of piperidine rings is 1. The van der Waals surface area contributed by atoms with Crippen molar-refractivity contribution in [3.05, 3.63) is 77.4 Å². The summed E-state index contributed by atoms with van der Waals surface area (Å²) < 4.78 is 33.7. The Labute approximate surface area is 193 Å². The number of carbonyl (C=O) groups is 1. The molecule has 9 heteroatoms. The Balaban J connectivity index is 1.48. The highest BCUT2D eigenvalue weighted by molar-refractivity contribution is 7.89. The van der Waals surface area contributed by atoms with Crippen LogP contribution < -0.4 is 5.32 Å². The first-order valence-corrected chi connectivity index (χ1v) is 12.3. The van der Waals surface area contributed by atoms with E-state index in [1.54, 1.807) is 31.5 Å². The summed E-state index contributed by atoms with van der Waals surface area (Å²) in [7, 11) is -3.88. The maximum atomic E-state index is 13.5. The molecule has 1 aliphatic rings. The zero-order valence-electron chi connectivity index (χ0n) is 18.3. The van der Waals surface area contributed by atoms with Gasteiger partial charge in [-0.15, -0.1) is 0 Å². The lowest BCUT2D eigenvalue weighted by Crippen LogP contribution is -2.45. The van der Waals surface area contributed by atoms with Crippen molar-refractivity contribution in [2.45, 2.75) is 31.2 Å². The number of hydrogen-bond donors (Lipinski definition) is 1. The molecule has 0 bridgehead atoms. The van der Waals surface area contributed by atoms with Crippen LogP contribution in [0, 0.1) is 12.8 Å². The number of pyridine rings is 1. The van der Waals surface area contributed by atoms with Gasteiger partial charge in [0, 0.05) is 32.0 Å². The Morgan fingerprint density at radius 1 is 1.21 bits per heavy atom. The van der Waals surface area contributed by atoms with Crippen LogP contribution in [-0.2, 0) is 21.4 Å². The van der Waals surface area contributed by atoms with Crippen LogP contribution in [0.2, 0.25) is 0 Å². The Bertz CT molecular complexity index is 1220. The Morgan fingerprint density at radius 2 is 2.03 bits per heavy atom. The molecule has 3 heterocycles. The molecule has 3 aromatic rings. The van der Waals surface area contributed by atoms with E-state index in [2.05, 4.69) is 15.5 Å². The van der Waals surface area contributed by atoms with Crippen molar-refractivity contribution in [3.8, 4) is 0 Å². The molecule has 1 amide bonds. The lowest BCUT2D eigenvalue weighted by molar-refractivity contribution is -0.126. The largest absolute Gasteiger partial charge is 0.355 e. The number of nitrogens with one attached hydrogen (secondary N) is 1. The Hall–Kier alpha value is -3.30. The highest BCUT2D eigenvalue weighted by Gasteiger charge is 2.36. The minimum atomic E-state index is -3.88. The number of aryl methyl sites for hydroxylation is 1. The molecule has 1 aliphatic heterocycles. The Morgan fingerprint density at radius 3 is 2.79 bits per heavy atom. The molecule has 8 nitrogen and oxygen atoms in total. The quantitative estimate of drug-likeness (QED) is 0.573. The molecular formula is C24H26N4O4S. The van der Waals surface area contributed by atoms with Crippen LogP contribution in [0.1, 0.15) is 35.4 Å². The number of benzene rings is 1. The van der Waals surface area contributed by atoms with Crippen LogP contribution in [0.15, 0.2) is 64.3 Å². The lowest BCUT2D eigenvalue weighted by Gasteiger charge is -2.31. The molecule has 0 spiro atoms. The summed E-state index contributed by atoms with van der Waals surface area (Å²) >= 11 is 0. The van der Waals surface area contributed by atoms with Gasteiger partial charge in [0.1, 0.15) is 5.69 Å². The van der Waals surface area contributed by atoms with Gasteiger partial charge in [0.25, 0.3) is 0 Å². The normalized spacial score (nSPS) is 17.3. The van der Waals surface area contributed by atoms with Crippen LogP contribution in [0.5, 0.6) is 0 Å². The summed E-state index contributed by atoms with van der Waals surface area (Å²) in [6.45, 7) is 2.43. The predicted octanol–water partition coefficient (Wildman–Crippen LogP) is 3.27.